The summed E-state index contributed by atoms with van der Waals surface area (Å²) in [5.41, 5.74) is 2.60. The lowest BCUT2D eigenvalue weighted by molar-refractivity contribution is -0.136. The first-order valence-electron chi connectivity index (χ1n) is 11.2. The summed E-state index contributed by atoms with van der Waals surface area (Å²) in [7, 11) is 0. The van der Waals surface area contributed by atoms with Gasteiger partial charge in [0.05, 0.1) is 23.3 Å². The minimum Gasteiger partial charge on any atom is -0.511 e. The smallest absolute Gasteiger partial charge is 0.305 e. The number of allylic oxidation sites excluding steroid dienone is 2. The van der Waals surface area contributed by atoms with Crippen molar-refractivity contribution in [2.24, 2.45) is 4.99 Å². The molecule has 1 aromatic carbocycles. The quantitative estimate of drug-likeness (QED) is 0.481. The van der Waals surface area contributed by atoms with E-state index < -0.39 is 5.97 Å². The summed E-state index contributed by atoms with van der Waals surface area (Å²) in [4.78, 5) is 40.7. The summed E-state index contributed by atoms with van der Waals surface area (Å²) in [6.07, 6.45) is 2.75. The van der Waals surface area contributed by atoms with E-state index in [1.807, 2.05) is 30.3 Å². The van der Waals surface area contributed by atoms with Crippen molar-refractivity contribution < 1.29 is 29.1 Å². The molecule has 1 unspecified atom stereocenters. The zero-order chi connectivity index (χ0) is 23.4. The summed E-state index contributed by atoms with van der Waals surface area (Å²) in [6, 6.07) is 9.62. The number of hydrogen-bond donors (Lipinski definition) is 2. The number of carboxylic acids is 1. The zero-order valence-corrected chi connectivity index (χ0v) is 18.2. The highest BCUT2D eigenvalue weighted by molar-refractivity contribution is 6.24. The summed E-state index contributed by atoms with van der Waals surface area (Å²) in [5, 5.41) is 23.8. The van der Waals surface area contributed by atoms with Gasteiger partial charge in [0.1, 0.15) is 11.5 Å². The normalized spacial score (nSPS) is 21.2. The van der Waals surface area contributed by atoms with Gasteiger partial charge in [0.25, 0.3) is 0 Å². The molecule has 0 spiro atoms. The highest BCUT2D eigenvalue weighted by atomic mass is 16.5. The highest BCUT2D eigenvalue weighted by Gasteiger charge is 2.33. The number of carbonyl (C=O) groups excluding carboxylic acids is 2. The van der Waals surface area contributed by atoms with E-state index in [0.29, 0.717) is 42.0 Å². The largest absolute Gasteiger partial charge is 0.511 e. The molecule has 0 radical (unpaired) electrons. The van der Waals surface area contributed by atoms with Crippen molar-refractivity contribution in [2.45, 2.75) is 57.3 Å². The fourth-order valence-electron chi connectivity index (χ4n) is 4.53. The third-order valence-electron chi connectivity index (χ3n) is 6.15. The van der Waals surface area contributed by atoms with Gasteiger partial charge in [-0.05, 0) is 24.3 Å². The number of aliphatic hydroxyl groups excluding tert-OH is 1. The highest BCUT2D eigenvalue weighted by Crippen LogP contribution is 2.34. The van der Waals surface area contributed by atoms with Crippen LogP contribution in [0.15, 0.2) is 51.2 Å². The van der Waals surface area contributed by atoms with E-state index in [-0.39, 0.29) is 61.0 Å². The standard InChI is InChI=1S/C25H26N2O6/c28-19-7-4-8-22-25(19)17(27-33-22)9-10-20(29)24-18(26-12-11-23(31)32)13-16(14-21(24)30)15-5-2-1-3-6-15/h1-3,5-6,16,29H,4,7-14H2,(H,31,32)/b24-20+,26-18?. The number of Topliss-reactive ketones (excluding diaryl/α,β-unsaturated/α-hetero) is 2. The molecule has 2 aliphatic carbocycles. The number of benzene rings is 1. The molecule has 0 aliphatic heterocycles. The Bertz CT molecular complexity index is 1130. The van der Waals surface area contributed by atoms with Gasteiger partial charge in [-0.1, -0.05) is 35.5 Å². The Kier molecular flexibility index (Phi) is 6.82. The molecule has 2 aliphatic rings. The van der Waals surface area contributed by atoms with Crippen LogP contribution in [-0.4, -0.2) is 45.2 Å². The fourth-order valence-corrected chi connectivity index (χ4v) is 4.53. The minimum atomic E-state index is -0.976. The molecule has 1 saturated carbocycles. The molecule has 8 heteroatoms. The van der Waals surface area contributed by atoms with E-state index in [2.05, 4.69) is 10.1 Å². The van der Waals surface area contributed by atoms with Crippen LogP contribution in [0.1, 0.15) is 71.8 Å². The van der Waals surface area contributed by atoms with Crippen LogP contribution in [0.2, 0.25) is 0 Å². The van der Waals surface area contributed by atoms with Gasteiger partial charge in [-0.3, -0.25) is 19.4 Å². The van der Waals surface area contributed by atoms with Crippen LogP contribution in [0.3, 0.4) is 0 Å². The van der Waals surface area contributed by atoms with Gasteiger partial charge in [-0.2, -0.15) is 0 Å². The Hall–Kier alpha value is -3.55. The molecule has 1 aromatic heterocycles. The molecular weight excluding hydrogens is 424 g/mol. The second-order valence-corrected chi connectivity index (χ2v) is 8.44. The topological polar surface area (TPSA) is 130 Å². The number of aromatic nitrogens is 1. The maximum Gasteiger partial charge on any atom is 0.305 e. The fraction of sp³-hybridized carbons (Fsp3) is 0.400. The van der Waals surface area contributed by atoms with Crippen LogP contribution in [0, 0.1) is 0 Å². The van der Waals surface area contributed by atoms with Crippen molar-refractivity contribution >= 4 is 23.2 Å². The summed E-state index contributed by atoms with van der Waals surface area (Å²) < 4.78 is 5.30. The second kappa shape index (κ2) is 9.94. The first-order valence-corrected chi connectivity index (χ1v) is 11.2. The van der Waals surface area contributed by atoms with E-state index in [4.69, 9.17) is 9.63 Å². The van der Waals surface area contributed by atoms with E-state index in [0.717, 1.165) is 12.0 Å². The number of aryl methyl sites for hydroxylation is 2. The second-order valence-electron chi connectivity index (χ2n) is 8.44. The van der Waals surface area contributed by atoms with Gasteiger partial charge >= 0.3 is 5.97 Å². The van der Waals surface area contributed by atoms with Crippen LogP contribution in [0.4, 0.5) is 0 Å². The Morgan fingerprint density at radius 3 is 2.61 bits per heavy atom. The summed E-state index contributed by atoms with van der Waals surface area (Å²) in [6.45, 7) is 0.0293. The average Bonchev–Trinajstić information content (AvgIpc) is 3.22. The molecular formula is C25H26N2O6. The minimum absolute atomic E-state index is 0.00462. The van der Waals surface area contributed by atoms with Crippen LogP contribution in [-0.2, 0) is 22.4 Å². The molecule has 4 rings (SSSR count). The third-order valence-corrected chi connectivity index (χ3v) is 6.15. The maximum atomic E-state index is 13.1. The van der Waals surface area contributed by atoms with Crippen LogP contribution in [0.5, 0.6) is 0 Å². The van der Waals surface area contributed by atoms with Crippen molar-refractivity contribution in [2.75, 3.05) is 6.54 Å². The van der Waals surface area contributed by atoms with Crippen molar-refractivity contribution in [3.05, 3.63) is 64.2 Å². The summed E-state index contributed by atoms with van der Waals surface area (Å²) in [5.74, 6) is -0.811. The van der Waals surface area contributed by atoms with E-state index in [1.165, 1.54) is 0 Å². The number of hydrogen-bond acceptors (Lipinski definition) is 7. The number of carbonyl (C=O) groups is 3. The van der Waals surface area contributed by atoms with Crippen molar-refractivity contribution in [1.29, 1.82) is 0 Å². The maximum absolute atomic E-state index is 13.1. The van der Waals surface area contributed by atoms with Gasteiger partial charge in [-0.25, -0.2) is 0 Å². The lowest BCUT2D eigenvalue weighted by Crippen LogP contribution is -2.27. The SMILES string of the molecule is O=C(O)CCN=C1CC(c2ccccc2)CC(=O)/C1=C(/O)CCc1noc2c1C(=O)CCC2. The average molecular weight is 450 g/mol. The first-order chi connectivity index (χ1) is 15.9. The summed E-state index contributed by atoms with van der Waals surface area (Å²) >= 11 is 0. The third kappa shape index (κ3) is 5.10. The van der Waals surface area contributed by atoms with E-state index in [1.54, 1.807) is 0 Å². The molecule has 33 heavy (non-hydrogen) atoms. The zero-order valence-electron chi connectivity index (χ0n) is 18.2. The predicted molar refractivity (Wildman–Crippen MR) is 120 cm³/mol. The Labute approximate surface area is 191 Å². The number of rotatable bonds is 7. The Morgan fingerprint density at radius 2 is 1.85 bits per heavy atom. The Balaban J connectivity index is 1.57. The number of aliphatic imine (C=N–C) groups is 1. The lowest BCUT2D eigenvalue weighted by atomic mass is 9.78. The molecule has 1 heterocycles. The molecule has 0 bridgehead atoms. The lowest BCUT2D eigenvalue weighted by Gasteiger charge is -2.26. The van der Waals surface area contributed by atoms with Crippen molar-refractivity contribution in [3.8, 4) is 0 Å². The van der Waals surface area contributed by atoms with E-state index in [9.17, 15) is 19.5 Å². The number of fused-ring (bicyclic) bond motifs is 1. The van der Waals surface area contributed by atoms with Crippen LogP contribution < -0.4 is 0 Å². The van der Waals surface area contributed by atoms with Gasteiger partial charge in [0, 0.05) is 44.4 Å². The molecule has 172 valence electrons. The number of nitrogens with zero attached hydrogens (tertiary/aromatic N) is 2. The van der Waals surface area contributed by atoms with Crippen LogP contribution in [0.25, 0.3) is 0 Å². The van der Waals surface area contributed by atoms with E-state index >= 15 is 0 Å². The monoisotopic (exact) mass is 450 g/mol. The Morgan fingerprint density at radius 1 is 1.06 bits per heavy atom. The van der Waals surface area contributed by atoms with Gasteiger partial charge in [0.15, 0.2) is 11.6 Å². The first kappa shape index (κ1) is 22.6. The molecule has 2 N–H and O–H groups in total. The molecule has 2 aromatic rings. The molecule has 0 saturated heterocycles. The van der Waals surface area contributed by atoms with Gasteiger partial charge in [-0.15, -0.1) is 0 Å². The number of ketones is 2. The van der Waals surface area contributed by atoms with Gasteiger partial charge < -0.3 is 14.7 Å². The van der Waals surface area contributed by atoms with Crippen molar-refractivity contribution in [3.63, 3.8) is 0 Å². The number of aliphatic hydroxyl groups is 1. The number of carboxylic acid groups (broad SMARTS) is 1. The molecule has 1 atom stereocenters. The molecule has 0 amide bonds. The number of aliphatic carboxylic acids is 1. The van der Waals surface area contributed by atoms with Crippen molar-refractivity contribution in [1.82, 2.24) is 5.16 Å². The molecule has 8 nitrogen and oxygen atoms in total. The molecule has 1 fully saturated rings. The van der Waals surface area contributed by atoms with Crippen LogP contribution >= 0.6 is 0 Å². The van der Waals surface area contributed by atoms with Gasteiger partial charge in [0.2, 0.25) is 0 Å². The predicted octanol–water partition coefficient (Wildman–Crippen LogP) is 4.00.